The summed E-state index contributed by atoms with van der Waals surface area (Å²) < 4.78 is 6.93. The molecule has 0 aliphatic heterocycles. The van der Waals surface area contributed by atoms with Crippen LogP contribution in [0.15, 0.2) is 36.7 Å². The number of fused-ring (bicyclic) bond motifs is 1. The number of hydrogen-bond donors (Lipinski definition) is 0. The third kappa shape index (κ3) is 2.47. The van der Waals surface area contributed by atoms with E-state index in [0.29, 0.717) is 17.4 Å². The van der Waals surface area contributed by atoms with Gasteiger partial charge in [0, 0.05) is 13.1 Å². The predicted molar refractivity (Wildman–Crippen MR) is 77.3 cm³/mol. The highest BCUT2D eigenvalue weighted by Gasteiger charge is 2.15. The van der Waals surface area contributed by atoms with Crippen LogP contribution < -0.4 is 4.74 Å². The molecule has 0 unspecified atom stereocenters. The number of benzene rings is 1. The molecule has 0 amide bonds. The van der Waals surface area contributed by atoms with E-state index in [1.165, 1.54) is 19.5 Å². The number of nitrogens with zero attached hydrogens (tertiary/aromatic N) is 4. The van der Waals surface area contributed by atoms with Gasteiger partial charge < -0.3 is 9.30 Å². The molecule has 0 atom stereocenters. The first-order chi connectivity index (χ1) is 10.2. The van der Waals surface area contributed by atoms with E-state index in [2.05, 4.69) is 15.0 Å². The molecule has 1 aromatic carbocycles. The zero-order valence-electron chi connectivity index (χ0n) is 11.8. The number of ether oxygens (including phenoxy) is 1. The molecule has 2 aromatic heterocycles. The molecule has 0 aliphatic rings. The van der Waals surface area contributed by atoms with Gasteiger partial charge in [0.15, 0.2) is 5.78 Å². The molecule has 6 heteroatoms. The van der Waals surface area contributed by atoms with Crippen LogP contribution in [0.5, 0.6) is 5.88 Å². The third-order valence-corrected chi connectivity index (χ3v) is 3.34. The van der Waals surface area contributed by atoms with Gasteiger partial charge in [0.1, 0.15) is 17.8 Å². The number of Topliss-reactive ketones (excluding diaryl/α,β-unsaturated/α-hetero) is 1. The molecule has 0 fully saturated rings. The lowest BCUT2D eigenvalue weighted by Gasteiger charge is -2.03. The summed E-state index contributed by atoms with van der Waals surface area (Å²) in [4.78, 5) is 24.7. The molecular weight excluding hydrogens is 268 g/mol. The zero-order valence-corrected chi connectivity index (χ0v) is 11.8. The summed E-state index contributed by atoms with van der Waals surface area (Å²) in [7, 11) is 3.40. The number of hydrogen-bond acceptors (Lipinski definition) is 5. The van der Waals surface area contributed by atoms with Gasteiger partial charge in [-0.1, -0.05) is 12.1 Å². The summed E-state index contributed by atoms with van der Waals surface area (Å²) in [5.41, 5.74) is 2.21. The summed E-state index contributed by atoms with van der Waals surface area (Å²) in [6.07, 6.45) is 1.51. The lowest BCUT2D eigenvalue weighted by atomic mass is 10.2. The smallest absolute Gasteiger partial charge is 0.216 e. The second-order valence-electron chi connectivity index (χ2n) is 4.62. The minimum atomic E-state index is -0.117. The quantitative estimate of drug-likeness (QED) is 0.682. The van der Waals surface area contributed by atoms with Crippen LogP contribution >= 0.6 is 0 Å². The minimum absolute atomic E-state index is 0.117. The molecule has 6 nitrogen and oxygen atoms in total. The van der Waals surface area contributed by atoms with E-state index >= 15 is 0 Å². The van der Waals surface area contributed by atoms with Crippen LogP contribution in [0.4, 0.5) is 0 Å². The van der Waals surface area contributed by atoms with Crippen LogP contribution in [0.1, 0.15) is 16.3 Å². The van der Waals surface area contributed by atoms with Crippen LogP contribution in [0.2, 0.25) is 0 Å². The Bertz CT molecular complexity index is 810. The normalized spacial score (nSPS) is 10.8. The summed E-state index contributed by atoms with van der Waals surface area (Å²) >= 11 is 0. The second kappa shape index (κ2) is 5.32. The van der Waals surface area contributed by atoms with E-state index in [-0.39, 0.29) is 12.2 Å². The van der Waals surface area contributed by atoms with Crippen LogP contribution in [0, 0.1) is 0 Å². The fraction of sp³-hybridized carbons (Fsp3) is 0.200. The Balaban J connectivity index is 1.90. The van der Waals surface area contributed by atoms with E-state index in [4.69, 9.17) is 4.74 Å². The van der Waals surface area contributed by atoms with Crippen molar-refractivity contribution in [2.75, 3.05) is 7.11 Å². The maximum Gasteiger partial charge on any atom is 0.216 e. The Morgan fingerprint density at radius 2 is 2.10 bits per heavy atom. The molecule has 3 aromatic rings. The lowest BCUT2D eigenvalue weighted by Crippen LogP contribution is -2.10. The zero-order chi connectivity index (χ0) is 14.8. The van der Waals surface area contributed by atoms with Crippen LogP contribution in [0.3, 0.4) is 0 Å². The summed E-state index contributed by atoms with van der Waals surface area (Å²) in [6, 6.07) is 9.31. The van der Waals surface area contributed by atoms with Gasteiger partial charge in [-0.15, -0.1) is 0 Å². The predicted octanol–water partition coefficient (Wildman–Crippen LogP) is 1.80. The summed E-state index contributed by atoms with van der Waals surface area (Å²) in [5, 5.41) is 0. The summed E-state index contributed by atoms with van der Waals surface area (Å²) in [5.74, 6) is 0.964. The molecule has 0 bridgehead atoms. The minimum Gasteiger partial charge on any atom is -0.481 e. The van der Waals surface area contributed by atoms with Gasteiger partial charge in [-0.25, -0.2) is 15.0 Å². The number of imidazole rings is 1. The Kier molecular flexibility index (Phi) is 3.35. The highest BCUT2D eigenvalue weighted by Crippen LogP contribution is 2.16. The van der Waals surface area contributed by atoms with E-state index in [1.54, 1.807) is 0 Å². The first kappa shape index (κ1) is 13.2. The number of para-hydroxylation sites is 2. The summed E-state index contributed by atoms with van der Waals surface area (Å²) in [6.45, 7) is 0. The topological polar surface area (TPSA) is 69.9 Å². The molecule has 0 aliphatic carbocycles. The van der Waals surface area contributed by atoms with Crippen molar-refractivity contribution in [2.24, 2.45) is 7.05 Å². The molecule has 0 radical (unpaired) electrons. The number of carbonyl (C=O) groups is 1. The number of rotatable bonds is 4. The van der Waals surface area contributed by atoms with Crippen molar-refractivity contribution in [2.45, 2.75) is 6.42 Å². The van der Waals surface area contributed by atoms with E-state index in [0.717, 1.165) is 11.0 Å². The van der Waals surface area contributed by atoms with E-state index < -0.39 is 0 Å². The van der Waals surface area contributed by atoms with Crippen LogP contribution in [-0.2, 0) is 13.5 Å². The van der Waals surface area contributed by atoms with Crippen molar-refractivity contribution in [3.05, 3.63) is 48.2 Å². The van der Waals surface area contributed by atoms with Crippen LogP contribution in [0.25, 0.3) is 11.0 Å². The number of ketones is 1. The van der Waals surface area contributed by atoms with Crippen LogP contribution in [-0.4, -0.2) is 32.4 Å². The fourth-order valence-electron chi connectivity index (χ4n) is 2.19. The number of carbonyl (C=O) groups excluding carboxylic acids is 1. The van der Waals surface area contributed by atoms with Crippen molar-refractivity contribution in [3.8, 4) is 5.88 Å². The Morgan fingerprint density at radius 3 is 2.86 bits per heavy atom. The number of aromatic nitrogens is 4. The maximum absolute atomic E-state index is 12.3. The van der Waals surface area contributed by atoms with E-state index in [1.807, 2.05) is 35.9 Å². The fourth-order valence-corrected chi connectivity index (χ4v) is 2.19. The molecule has 0 saturated carbocycles. The van der Waals surface area contributed by atoms with Gasteiger partial charge in [-0.05, 0) is 12.1 Å². The van der Waals surface area contributed by atoms with Gasteiger partial charge in [0.25, 0.3) is 0 Å². The van der Waals surface area contributed by atoms with Crippen molar-refractivity contribution < 1.29 is 9.53 Å². The molecule has 0 spiro atoms. The highest BCUT2D eigenvalue weighted by molar-refractivity contribution is 5.96. The van der Waals surface area contributed by atoms with Gasteiger partial charge in [-0.2, -0.15) is 0 Å². The van der Waals surface area contributed by atoms with Gasteiger partial charge in [-0.3, -0.25) is 4.79 Å². The van der Waals surface area contributed by atoms with Crippen molar-refractivity contribution >= 4 is 16.8 Å². The lowest BCUT2D eigenvalue weighted by molar-refractivity contribution is 0.0984. The van der Waals surface area contributed by atoms with Gasteiger partial charge >= 0.3 is 0 Å². The number of methoxy groups -OCH3 is 1. The molecular formula is C15H14N4O2. The molecule has 2 heterocycles. The first-order valence-electron chi connectivity index (χ1n) is 6.48. The molecule has 3 rings (SSSR count). The maximum atomic E-state index is 12.3. The average Bonchev–Trinajstić information content (AvgIpc) is 2.84. The Labute approximate surface area is 121 Å². The molecule has 0 saturated heterocycles. The standard InChI is InChI=1S/C15H14N4O2/c1-19-12-6-4-3-5-10(12)18-14(19)8-13(20)11-7-15(21-2)17-9-16-11/h3-7,9H,8H2,1-2H3. The largest absolute Gasteiger partial charge is 0.481 e. The Morgan fingerprint density at radius 1 is 1.29 bits per heavy atom. The molecule has 0 N–H and O–H groups in total. The SMILES string of the molecule is COc1cc(C(=O)Cc2nc3ccccc3n2C)ncn1. The van der Waals surface area contributed by atoms with Gasteiger partial charge in [0.05, 0.1) is 24.6 Å². The Hall–Kier alpha value is -2.76. The van der Waals surface area contributed by atoms with Crippen molar-refractivity contribution in [3.63, 3.8) is 0 Å². The molecule has 21 heavy (non-hydrogen) atoms. The average molecular weight is 282 g/mol. The molecule has 106 valence electrons. The third-order valence-electron chi connectivity index (χ3n) is 3.34. The van der Waals surface area contributed by atoms with Gasteiger partial charge in [0.2, 0.25) is 5.88 Å². The van der Waals surface area contributed by atoms with E-state index in [9.17, 15) is 4.79 Å². The van der Waals surface area contributed by atoms with Crippen molar-refractivity contribution in [1.82, 2.24) is 19.5 Å². The monoisotopic (exact) mass is 282 g/mol. The highest BCUT2D eigenvalue weighted by atomic mass is 16.5. The van der Waals surface area contributed by atoms with Crippen molar-refractivity contribution in [1.29, 1.82) is 0 Å². The number of aryl methyl sites for hydroxylation is 1. The second-order valence-corrected chi connectivity index (χ2v) is 4.62. The first-order valence-corrected chi connectivity index (χ1v) is 6.48.